The van der Waals surface area contributed by atoms with Gasteiger partial charge in [-0.15, -0.1) is 12.3 Å². The van der Waals surface area contributed by atoms with Gasteiger partial charge in [0.25, 0.3) is 0 Å². The molecule has 0 rings (SSSR count). The Hall–Kier alpha value is -0.640. The summed E-state index contributed by atoms with van der Waals surface area (Å²) in [5.74, 6) is 2.44. The lowest BCUT2D eigenvalue weighted by atomic mass is 9.92. The molecule has 16 heavy (non-hydrogen) atoms. The second-order valence-electron chi connectivity index (χ2n) is 3.66. The summed E-state index contributed by atoms with van der Waals surface area (Å²) in [7, 11) is 0. The number of rotatable bonds is 10. The maximum Gasteiger partial charge on any atom is 0.0632 e. The minimum Gasteiger partial charge on any atom is -0.396 e. The largest absolute Gasteiger partial charge is 0.396 e. The Kier molecular flexibility index (Phi) is 9.19. The van der Waals surface area contributed by atoms with Crippen molar-refractivity contribution in [2.45, 2.75) is 6.42 Å². The lowest BCUT2D eigenvalue weighted by molar-refractivity contribution is -0.0749. The molecule has 0 spiro atoms. The van der Waals surface area contributed by atoms with Crippen LogP contribution in [0.4, 0.5) is 0 Å². The van der Waals surface area contributed by atoms with Crippen LogP contribution in [-0.2, 0) is 9.47 Å². The van der Waals surface area contributed by atoms with Gasteiger partial charge in [0.2, 0.25) is 0 Å². The highest BCUT2D eigenvalue weighted by molar-refractivity contribution is 4.83. The molecule has 0 aromatic heterocycles. The number of hydrogen-bond donors (Lipinski definition) is 3. The summed E-state index contributed by atoms with van der Waals surface area (Å²) < 4.78 is 10.5. The normalized spacial score (nSPS) is 11.4. The van der Waals surface area contributed by atoms with E-state index in [0.717, 1.165) is 0 Å². The van der Waals surface area contributed by atoms with Gasteiger partial charge in [0.15, 0.2) is 0 Å². The molecule has 0 saturated heterocycles. The molecule has 0 aromatic carbocycles. The van der Waals surface area contributed by atoms with Gasteiger partial charge in [0.05, 0.1) is 45.1 Å². The quantitative estimate of drug-likeness (QED) is 0.331. The molecule has 0 fully saturated rings. The number of ether oxygens (including phenoxy) is 2. The van der Waals surface area contributed by atoms with Gasteiger partial charge < -0.3 is 25.4 Å². The zero-order valence-electron chi connectivity index (χ0n) is 9.52. The Morgan fingerprint density at radius 3 is 2.12 bits per heavy atom. The van der Waals surface area contributed by atoms with E-state index in [1.807, 2.05) is 0 Å². The number of aliphatic hydroxyl groups is 2. The lowest BCUT2D eigenvalue weighted by Crippen LogP contribution is -2.40. The topological polar surface area (TPSA) is 84.9 Å². The van der Waals surface area contributed by atoms with E-state index in [2.05, 4.69) is 5.92 Å². The van der Waals surface area contributed by atoms with E-state index in [1.54, 1.807) is 0 Å². The van der Waals surface area contributed by atoms with E-state index in [1.165, 1.54) is 0 Å². The fraction of sp³-hybridized carbons (Fsp3) is 0.818. The van der Waals surface area contributed by atoms with Crippen LogP contribution in [0.3, 0.4) is 0 Å². The van der Waals surface area contributed by atoms with Crippen LogP contribution in [0.5, 0.6) is 0 Å². The molecule has 4 N–H and O–H groups in total. The van der Waals surface area contributed by atoms with Gasteiger partial charge in [0.1, 0.15) is 0 Å². The molecular weight excluding hydrogens is 210 g/mol. The molecule has 0 unspecified atom stereocenters. The van der Waals surface area contributed by atoms with Gasteiger partial charge in [-0.3, -0.25) is 0 Å². The number of hydrogen-bond acceptors (Lipinski definition) is 5. The first-order valence-electron chi connectivity index (χ1n) is 5.25. The molecular formula is C11H21NO4. The predicted octanol–water partition coefficient (Wildman–Crippen LogP) is -1.03. The van der Waals surface area contributed by atoms with Crippen molar-refractivity contribution < 1.29 is 19.7 Å². The van der Waals surface area contributed by atoms with E-state index >= 15 is 0 Å². The standard InChI is InChI=1S/C11H21NO4/c1-2-3-5-15-9-11(7-13,8-14)10-16-6-4-12/h1,13-14H,3-10,12H2. The summed E-state index contributed by atoms with van der Waals surface area (Å²) in [5, 5.41) is 18.5. The second-order valence-corrected chi connectivity index (χ2v) is 3.66. The highest BCUT2D eigenvalue weighted by Crippen LogP contribution is 2.17. The van der Waals surface area contributed by atoms with Crippen molar-refractivity contribution in [2.75, 3.05) is 46.2 Å². The van der Waals surface area contributed by atoms with E-state index in [-0.39, 0.29) is 26.4 Å². The maximum atomic E-state index is 9.24. The summed E-state index contributed by atoms with van der Waals surface area (Å²) in [6, 6.07) is 0. The van der Waals surface area contributed by atoms with Crippen LogP contribution in [0.2, 0.25) is 0 Å². The van der Waals surface area contributed by atoms with Gasteiger partial charge in [-0.25, -0.2) is 0 Å². The van der Waals surface area contributed by atoms with Gasteiger partial charge in [0, 0.05) is 13.0 Å². The van der Waals surface area contributed by atoms with Crippen molar-refractivity contribution in [3.05, 3.63) is 0 Å². The van der Waals surface area contributed by atoms with Crippen LogP contribution in [0.1, 0.15) is 6.42 Å². The first-order chi connectivity index (χ1) is 7.74. The van der Waals surface area contributed by atoms with Crippen LogP contribution >= 0.6 is 0 Å². The summed E-state index contributed by atoms with van der Waals surface area (Å²) in [6.45, 7) is 1.24. The predicted molar refractivity (Wildman–Crippen MR) is 60.7 cm³/mol. The van der Waals surface area contributed by atoms with Crippen LogP contribution < -0.4 is 5.73 Å². The highest BCUT2D eigenvalue weighted by atomic mass is 16.5. The van der Waals surface area contributed by atoms with Gasteiger partial charge in [-0.2, -0.15) is 0 Å². The summed E-state index contributed by atoms with van der Waals surface area (Å²) in [5.41, 5.74) is 4.50. The van der Waals surface area contributed by atoms with Crippen LogP contribution in [0.25, 0.3) is 0 Å². The minimum atomic E-state index is -0.774. The molecule has 0 aliphatic rings. The molecule has 0 amide bonds. The van der Waals surface area contributed by atoms with Crippen LogP contribution in [-0.4, -0.2) is 56.4 Å². The molecule has 0 atom stereocenters. The third kappa shape index (κ3) is 6.05. The van der Waals surface area contributed by atoms with Gasteiger partial charge in [-0.1, -0.05) is 0 Å². The van der Waals surface area contributed by atoms with Crippen molar-refractivity contribution in [3.63, 3.8) is 0 Å². The monoisotopic (exact) mass is 231 g/mol. The van der Waals surface area contributed by atoms with E-state index in [0.29, 0.717) is 26.2 Å². The molecule has 0 bridgehead atoms. The Bertz CT molecular complexity index is 199. The number of nitrogens with two attached hydrogens (primary N) is 1. The molecule has 5 heteroatoms. The van der Waals surface area contributed by atoms with Crippen LogP contribution in [0, 0.1) is 17.8 Å². The van der Waals surface area contributed by atoms with Crippen molar-refractivity contribution >= 4 is 0 Å². The van der Waals surface area contributed by atoms with Crippen molar-refractivity contribution in [1.29, 1.82) is 0 Å². The Morgan fingerprint density at radius 1 is 1.12 bits per heavy atom. The third-order valence-corrected chi connectivity index (χ3v) is 2.14. The highest BCUT2D eigenvalue weighted by Gasteiger charge is 2.29. The maximum absolute atomic E-state index is 9.24. The number of terminal acetylenes is 1. The molecule has 0 saturated carbocycles. The average molecular weight is 231 g/mol. The van der Waals surface area contributed by atoms with Crippen molar-refractivity contribution in [3.8, 4) is 12.3 Å². The average Bonchev–Trinajstić information content (AvgIpc) is 2.33. The SMILES string of the molecule is C#CCCOCC(CO)(CO)COCCN. The van der Waals surface area contributed by atoms with Crippen molar-refractivity contribution in [2.24, 2.45) is 11.1 Å². The van der Waals surface area contributed by atoms with E-state index in [9.17, 15) is 10.2 Å². The first-order valence-corrected chi connectivity index (χ1v) is 5.25. The molecule has 0 aromatic rings. The van der Waals surface area contributed by atoms with Crippen LogP contribution in [0.15, 0.2) is 0 Å². The third-order valence-electron chi connectivity index (χ3n) is 2.14. The van der Waals surface area contributed by atoms with Gasteiger partial charge >= 0.3 is 0 Å². The minimum absolute atomic E-state index is 0.204. The van der Waals surface area contributed by atoms with E-state index in [4.69, 9.17) is 21.6 Å². The zero-order valence-corrected chi connectivity index (χ0v) is 9.52. The fourth-order valence-electron chi connectivity index (χ4n) is 1.07. The smallest absolute Gasteiger partial charge is 0.0632 e. The van der Waals surface area contributed by atoms with Gasteiger partial charge in [-0.05, 0) is 0 Å². The zero-order chi connectivity index (χ0) is 12.3. The molecule has 0 aliphatic heterocycles. The Balaban J connectivity index is 3.95. The second kappa shape index (κ2) is 9.58. The summed E-state index contributed by atoms with van der Waals surface area (Å²) >= 11 is 0. The summed E-state index contributed by atoms with van der Waals surface area (Å²) in [4.78, 5) is 0. The molecule has 0 radical (unpaired) electrons. The Morgan fingerprint density at radius 2 is 1.69 bits per heavy atom. The van der Waals surface area contributed by atoms with Crippen molar-refractivity contribution in [1.82, 2.24) is 0 Å². The molecule has 0 heterocycles. The summed E-state index contributed by atoms with van der Waals surface area (Å²) in [6.07, 6.45) is 5.58. The fourth-order valence-corrected chi connectivity index (χ4v) is 1.07. The molecule has 5 nitrogen and oxygen atoms in total. The lowest BCUT2D eigenvalue weighted by Gasteiger charge is -2.29. The first kappa shape index (κ1) is 15.4. The van der Waals surface area contributed by atoms with E-state index < -0.39 is 5.41 Å². The Labute approximate surface area is 96.5 Å². The molecule has 0 aliphatic carbocycles. The molecule has 94 valence electrons. The number of aliphatic hydroxyl groups excluding tert-OH is 2.